The molecule has 0 atom stereocenters. The van der Waals surface area contributed by atoms with E-state index in [4.69, 9.17) is 5.73 Å². The van der Waals surface area contributed by atoms with Crippen LogP contribution >= 0.6 is 0 Å². The van der Waals surface area contributed by atoms with Gasteiger partial charge < -0.3 is 16.4 Å². The highest BCUT2D eigenvalue weighted by molar-refractivity contribution is 5.94. The molecule has 1 amide bonds. The summed E-state index contributed by atoms with van der Waals surface area (Å²) in [4.78, 5) is 11.9. The van der Waals surface area contributed by atoms with Gasteiger partial charge in [-0.05, 0) is 36.2 Å². The van der Waals surface area contributed by atoms with Crippen molar-refractivity contribution in [3.8, 4) is 0 Å². The maximum absolute atomic E-state index is 14.4. The van der Waals surface area contributed by atoms with Crippen molar-refractivity contribution in [2.45, 2.75) is 45.6 Å². The number of anilines is 3. The molecule has 2 aromatic carbocycles. The zero-order valence-corrected chi connectivity index (χ0v) is 14.9. The molecule has 0 heterocycles. The van der Waals surface area contributed by atoms with Crippen molar-refractivity contribution in [1.82, 2.24) is 0 Å². The first kappa shape index (κ1) is 19.7. The molecule has 0 saturated carbocycles. The Morgan fingerprint density at radius 2 is 1.69 bits per heavy atom. The summed E-state index contributed by atoms with van der Waals surface area (Å²) in [5.41, 5.74) is 7.03. The Kier molecular flexibility index (Phi) is 7.38. The maximum atomic E-state index is 14.4. The normalized spacial score (nSPS) is 10.6. The van der Waals surface area contributed by atoms with Gasteiger partial charge in [0.05, 0.1) is 17.1 Å². The van der Waals surface area contributed by atoms with E-state index >= 15 is 0 Å². The molecule has 2 rings (SSSR count). The number of rotatable bonds is 9. The minimum Gasteiger partial charge on any atom is -0.395 e. The van der Waals surface area contributed by atoms with E-state index in [9.17, 15) is 13.6 Å². The molecular weight excluding hydrogens is 336 g/mol. The van der Waals surface area contributed by atoms with Gasteiger partial charge in [-0.2, -0.15) is 0 Å². The van der Waals surface area contributed by atoms with Crippen LogP contribution in [0, 0.1) is 11.6 Å². The van der Waals surface area contributed by atoms with Crippen molar-refractivity contribution in [3.63, 3.8) is 0 Å². The second kappa shape index (κ2) is 9.75. The second-order valence-corrected chi connectivity index (χ2v) is 6.23. The number of carbonyl (C=O) groups excluding carboxylic acids is 1. The molecule has 26 heavy (non-hydrogen) atoms. The van der Waals surface area contributed by atoms with Crippen molar-refractivity contribution < 1.29 is 13.6 Å². The molecule has 0 aliphatic heterocycles. The highest BCUT2D eigenvalue weighted by Gasteiger charge is 2.12. The van der Waals surface area contributed by atoms with E-state index in [-0.39, 0.29) is 28.8 Å². The number of nitrogens with two attached hydrogens (primary N) is 1. The summed E-state index contributed by atoms with van der Waals surface area (Å²) < 4.78 is 27.3. The molecule has 0 fully saturated rings. The van der Waals surface area contributed by atoms with Gasteiger partial charge in [0.1, 0.15) is 5.82 Å². The van der Waals surface area contributed by atoms with Gasteiger partial charge in [-0.15, -0.1) is 0 Å². The fraction of sp³-hybridized carbons (Fsp3) is 0.350. The van der Waals surface area contributed by atoms with Crippen LogP contribution in [0.3, 0.4) is 0 Å². The lowest BCUT2D eigenvalue weighted by molar-refractivity contribution is -0.116. The number of carbonyl (C=O) groups is 1. The average Bonchev–Trinajstić information content (AvgIpc) is 2.63. The number of nitrogen functional groups attached to an aromatic ring is 1. The molecule has 0 aliphatic carbocycles. The van der Waals surface area contributed by atoms with Gasteiger partial charge in [-0.1, -0.05) is 38.3 Å². The van der Waals surface area contributed by atoms with Crippen LogP contribution in [0.25, 0.3) is 0 Å². The smallest absolute Gasteiger partial charge is 0.224 e. The fourth-order valence-corrected chi connectivity index (χ4v) is 2.56. The molecule has 4 nitrogen and oxygen atoms in total. The lowest BCUT2D eigenvalue weighted by Crippen LogP contribution is -2.14. The van der Waals surface area contributed by atoms with Crippen molar-refractivity contribution in [2.75, 3.05) is 16.4 Å². The van der Waals surface area contributed by atoms with Gasteiger partial charge in [0.15, 0.2) is 5.82 Å². The lowest BCUT2D eigenvalue weighted by Gasteiger charge is -2.13. The first-order chi connectivity index (χ1) is 12.5. The third kappa shape index (κ3) is 5.72. The highest BCUT2D eigenvalue weighted by Crippen LogP contribution is 2.28. The van der Waals surface area contributed by atoms with Crippen LogP contribution < -0.4 is 16.4 Å². The van der Waals surface area contributed by atoms with Gasteiger partial charge in [-0.25, -0.2) is 8.78 Å². The van der Waals surface area contributed by atoms with E-state index in [1.165, 1.54) is 18.2 Å². The van der Waals surface area contributed by atoms with Gasteiger partial charge in [0.2, 0.25) is 5.91 Å². The molecule has 0 unspecified atom stereocenters. The summed E-state index contributed by atoms with van der Waals surface area (Å²) in [5.74, 6) is -1.10. The first-order valence-electron chi connectivity index (χ1n) is 8.87. The number of halogens is 2. The summed E-state index contributed by atoms with van der Waals surface area (Å²) in [6.45, 7) is 2.44. The van der Waals surface area contributed by atoms with Crippen molar-refractivity contribution in [2.24, 2.45) is 0 Å². The molecule has 0 spiro atoms. The standard InChI is InChI=1S/C20H25F2N3O/c1-2-3-4-5-6-18(26)25-17-12-11-16(19(22)20(17)23)24-13-14-7-9-15(21)10-8-14/h7-12,24H,2-6,13,23H2,1H3,(H,25,26). The molecule has 0 saturated heterocycles. The van der Waals surface area contributed by atoms with Crippen LogP contribution in [0.15, 0.2) is 36.4 Å². The van der Waals surface area contributed by atoms with E-state index in [1.54, 1.807) is 18.2 Å². The summed E-state index contributed by atoms with van der Waals surface area (Å²) in [7, 11) is 0. The molecule has 0 radical (unpaired) electrons. The number of unbranched alkanes of at least 4 members (excludes halogenated alkanes) is 3. The largest absolute Gasteiger partial charge is 0.395 e. The Hall–Kier alpha value is -2.63. The Bertz CT molecular complexity index is 733. The van der Waals surface area contributed by atoms with Crippen molar-refractivity contribution in [1.29, 1.82) is 0 Å². The second-order valence-electron chi connectivity index (χ2n) is 6.23. The average molecular weight is 361 g/mol. The first-order valence-corrected chi connectivity index (χ1v) is 8.87. The predicted octanol–water partition coefficient (Wildman–Crippen LogP) is 5.07. The number of nitrogens with one attached hydrogen (secondary N) is 2. The molecule has 0 bridgehead atoms. The van der Waals surface area contributed by atoms with Crippen LogP contribution in [0.1, 0.15) is 44.6 Å². The summed E-state index contributed by atoms with van der Waals surface area (Å²) in [6.07, 6.45) is 4.40. The maximum Gasteiger partial charge on any atom is 0.224 e. The van der Waals surface area contributed by atoms with E-state index in [2.05, 4.69) is 17.6 Å². The minimum atomic E-state index is -0.615. The van der Waals surface area contributed by atoms with Gasteiger partial charge >= 0.3 is 0 Å². The molecule has 0 aromatic heterocycles. The van der Waals surface area contributed by atoms with Crippen molar-refractivity contribution >= 4 is 23.0 Å². The van der Waals surface area contributed by atoms with E-state index in [0.717, 1.165) is 31.2 Å². The van der Waals surface area contributed by atoms with Crippen LogP contribution in [0.5, 0.6) is 0 Å². The Morgan fingerprint density at radius 1 is 1.00 bits per heavy atom. The monoisotopic (exact) mass is 361 g/mol. The highest BCUT2D eigenvalue weighted by atomic mass is 19.1. The van der Waals surface area contributed by atoms with Gasteiger partial charge in [0.25, 0.3) is 0 Å². The zero-order valence-electron chi connectivity index (χ0n) is 14.9. The molecule has 6 heteroatoms. The third-order valence-corrected chi connectivity index (χ3v) is 4.11. The summed E-state index contributed by atoms with van der Waals surface area (Å²) >= 11 is 0. The fourth-order valence-electron chi connectivity index (χ4n) is 2.56. The van der Waals surface area contributed by atoms with Crippen LogP contribution in [-0.4, -0.2) is 5.91 Å². The Morgan fingerprint density at radius 3 is 2.38 bits per heavy atom. The SMILES string of the molecule is CCCCCCC(=O)Nc1ccc(NCc2ccc(F)cc2)c(F)c1N. The number of hydrogen-bond acceptors (Lipinski definition) is 3. The van der Waals surface area contributed by atoms with E-state index < -0.39 is 5.82 Å². The topological polar surface area (TPSA) is 67.2 Å². The summed E-state index contributed by atoms with van der Waals surface area (Å²) in [5, 5.41) is 5.59. The molecular formula is C20H25F2N3O. The quantitative estimate of drug-likeness (QED) is 0.431. The number of amides is 1. The minimum absolute atomic E-state index is 0.101. The molecule has 0 aliphatic rings. The van der Waals surface area contributed by atoms with E-state index in [1.807, 2.05) is 0 Å². The number of hydrogen-bond donors (Lipinski definition) is 3. The van der Waals surface area contributed by atoms with Crippen molar-refractivity contribution in [3.05, 3.63) is 53.6 Å². The number of benzene rings is 2. The molecule has 4 N–H and O–H groups in total. The third-order valence-electron chi connectivity index (χ3n) is 4.11. The van der Waals surface area contributed by atoms with E-state index in [0.29, 0.717) is 13.0 Å². The van der Waals surface area contributed by atoms with Crippen LogP contribution in [0.4, 0.5) is 25.8 Å². The Balaban J connectivity index is 1.94. The van der Waals surface area contributed by atoms with Crippen LogP contribution in [0.2, 0.25) is 0 Å². The van der Waals surface area contributed by atoms with Gasteiger partial charge in [0, 0.05) is 13.0 Å². The predicted molar refractivity (Wildman–Crippen MR) is 102 cm³/mol. The van der Waals surface area contributed by atoms with Crippen LogP contribution in [-0.2, 0) is 11.3 Å². The Labute approximate surface area is 152 Å². The molecule has 2 aromatic rings. The van der Waals surface area contributed by atoms with Gasteiger partial charge in [-0.3, -0.25) is 4.79 Å². The lowest BCUT2D eigenvalue weighted by atomic mass is 10.1. The zero-order chi connectivity index (χ0) is 18.9. The molecule has 140 valence electrons. The summed E-state index contributed by atoms with van der Waals surface area (Å²) in [6, 6.07) is 9.05.